The number of carbonyl (C=O) groups is 2. The van der Waals surface area contributed by atoms with Gasteiger partial charge >= 0.3 is 30.8 Å². The van der Waals surface area contributed by atoms with E-state index in [-0.39, 0.29) is 20.3 Å². The van der Waals surface area contributed by atoms with E-state index in [2.05, 4.69) is 0 Å². The van der Waals surface area contributed by atoms with Crippen molar-refractivity contribution in [3.8, 4) is 0 Å². The molecule has 0 aliphatic heterocycles. The van der Waals surface area contributed by atoms with Crippen LogP contribution in [0.3, 0.4) is 0 Å². The summed E-state index contributed by atoms with van der Waals surface area (Å²) in [5, 5.41) is 15.0. The minimum atomic E-state index is -4.50. The Labute approximate surface area is 99.9 Å². The first kappa shape index (κ1) is 16.9. The van der Waals surface area contributed by atoms with Gasteiger partial charge in [-0.1, -0.05) is 0 Å². The second-order valence-corrected chi connectivity index (χ2v) is 4.36. The van der Waals surface area contributed by atoms with Crippen LogP contribution in [0, 0.1) is 0 Å². The normalized spacial score (nSPS) is 12.6. The van der Waals surface area contributed by atoms with Crippen molar-refractivity contribution < 1.29 is 53.1 Å². The first-order chi connectivity index (χ1) is 6.23. The average Bonchev–Trinajstić information content (AvgIpc) is 1.94. The molecule has 0 heterocycles. The maximum absolute atomic E-state index is 10.6. The Balaban J connectivity index is -0.000000845. The first-order valence-corrected chi connectivity index (χ1v) is 5.13. The number of hydrogen-bond donors (Lipinski definition) is 3. The second kappa shape index (κ2) is 6.84. The van der Waals surface area contributed by atoms with Gasteiger partial charge < -0.3 is 11.6 Å². The molecular formula is C6H11LiO7S. The average molecular weight is 234 g/mol. The van der Waals surface area contributed by atoms with Crippen molar-refractivity contribution in [3.63, 3.8) is 0 Å². The van der Waals surface area contributed by atoms with Gasteiger partial charge in [0.05, 0.1) is 11.7 Å². The molecule has 3 N–H and O–H groups in total. The molecule has 0 saturated carbocycles. The number of aliphatic carboxylic acids is 2. The van der Waals surface area contributed by atoms with Gasteiger partial charge in [0, 0.05) is 6.42 Å². The van der Waals surface area contributed by atoms with Gasteiger partial charge in [-0.3, -0.25) is 14.1 Å². The van der Waals surface area contributed by atoms with Gasteiger partial charge in [-0.05, 0) is 6.42 Å². The van der Waals surface area contributed by atoms with Gasteiger partial charge in [0.2, 0.25) is 0 Å². The molecule has 0 aliphatic rings. The Bertz CT molecular complexity index is 328. The summed E-state index contributed by atoms with van der Waals surface area (Å²) in [6.45, 7) is 0. The van der Waals surface area contributed by atoms with Crippen LogP contribution >= 0.6 is 0 Å². The van der Waals surface area contributed by atoms with Crippen LogP contribution in [0.1, 0.15) is 20.7 Å². The summed E-state index contributed by atoms with van der Waals surface area (Å²) >= 11 is 0. The summed E-state index contributed by atoms with van der Waals surface area (Å²) in [6, 6.07) is 0. The fourth-order valence-corrected chi connectivity index (χ4v) is 1.60. The Morgan fingerprint density at radius 1 is 1.20 bits per heavy atom. The van der Waals surface area contributed by atoms with Crippen LogP contribution in [-0.2, 0) is 19.7 Å². The molecule has 0 aromatic carbocycles. The van der Waals surface area contributed by atoms with Crippen molar-refractivity contribution in [2.45, 2.75) is 24.5 Å². The zero-order valence-corrected chi connectivity index (χ0v) is 8.90. The van der Waals surface area contributed by atoms with Crippen molar-refractivity contribution >= 4 is 22.1 Å². The maximum atomic E-state index is 10.6. The Hall–Kier alpha value is -0.553. The van der Waals surface area contributed by atoms with E-state index in [9.17, 15) is 18.0 Å². The molecule has 1 unspecified atom stereocenters. The van der Waals surface area contributed by atoms with Crippen molar-refractivity contribution in [1.82, 2.24) is 0 Å². The Kier molecular flexibility index (Phi) is 7.69. The van der Waals surface area contributed by atoms with Crippen LogP contribution in [-0.4, -0.2) is 40.4 Å². The molecule has 7 nitrogen and oxygen atoms in total. The molecule has 84 valence electrons. The van der Waals surface area contributed by atoms with Crippen LogP contribution in [0.2, 0.25) is 0 Å². The van der Waals surface area contributed by atoms with E-state index in [0.717, 1.165) is 0 Å². The number of rotatable bonds is 6. The van der Waals surface area contributed by atoms with Crippen LogP contribution in [0.15, 0.2) is 0 Å². The summed E-state index contributed by atoms with van der Waals surface area (Å²) in [5.41, 5.74) is 0. The monoisotopic (exact) mass is 234 g/mol. The van der Waals surface area contributed by atoms with Crippen LogP contribution in [0.25, 0.3) is 0 Å². The summed E-state index contributed by atoms with van der Waals surface area (Å²) in [4.78, 5) is 20.3. The summed E-state index contributed by atoms with van der Waals surface area (Å²) in [6.07, 6.45) is -1.72. The van der Waals surface area contributed by atoms with E-state index in [4.69, 9.17) is 14.8 Å². The molecule has 0 radical (unpaired) electrons. The van der Waals surface area contributed by atoms with E-state index in [1.807, 2.05) is 0 Å². The van der Waals surface area contributed by atoms with Crippen molar-refractivity contribution in [3.05, 3.63) is 0 Å². The van der Waals surface area contributed by atoms with Gasteiger partial charge in [-0.25, -0.2) is 0 Å². The molecule has 0 bridgehead atoms. The number of carboxylic acids is 2. The minimum absolute atomic E-state index is 0. The van der Waals surface area contributed by atoms with E-state index in [0.29, 0.717) is 0 Å². The Morgan fingerprint density at radius 3 is 1.93 bits per heavy atom. The fourth-order valence-electron chi connectivity index (χ4n) is 0.836. The first-order valence-electron chi connectivity index (χ1n) is 3.63. The van der Waals surface area contributed by atoms with E-state index in [1.54, 1.807) is 0 Å². The summed E-state index contributed by atoms with van der Waals surface area (Å²) in [7, 11) is -4.50. The quantitative estimate of drug-likeness (QED) is 0.324. The molecule has 9 heteroatoms. The maximum Gasteiger partial charge on any atom is 1.00 e. The zero-order chi connectivity index (χ0) is 11.4. The molecule has 0 fully saturated rings. The molecule has 0 aliphatic carbocycles. The van der Waals surface area contributed by atoms with E-state index >= 15 is 0 Å². The predicted octanol–water partition coefficient (Wildman–Crippen LogP) is -3.30. The van der Waals surface area contributed by atoms with E-state index < -0.39 is 46.6 Å². The SMILES string of the molecule is O=C(O)CCC(CC(=O)O)S(=O)(=O)O.[H-].[Li+]. The number of hydrogen-bond acceptors (Lipinski definition) is 4. The molecule has 0 aromatic heterocycles. The van der Waals surface area contributed by atoms with Crippen LogP contribution < -0.4 is 18.9 Å². The molecule has 0 amide bonds. The largest absolute Gasteiger partial charge is 1.00 e. The van der Waals surface area contributed by atoms with Gasteiger partial charge in [-0.15, -0.1) is 0 Å². The van der Waals surface area contributed by atoms with Gasteiger partial charge in [0.1, 0.15) is 0 Å². The number of carboxylic acid groups (broad SMARTS) is 2. The van der Waals surface area contributed by atoms with Gasteiger partial charge in [0.25, 0.3) is 10.1 Å². The Morgan fingerprint density at radius 2 is 1.67 bits per heavy atom. The molecule has 0 spiro atoms. The van der Waals surface area contributed by atoms with E-state index in [1.165, 1.54) is 0 Å². The predicted molar refractivity (Wildman–Crippen MR) is 45.6 cm³/mol. The smallest absolute Gasteiger partial charge is 1.00 e. The molecule has 0 saturated heterocycles. The molecule has 0 rings (SSSR count). The summed E-state index contributed by atoms with van der Waals surface area (Å²) < 4.78 is 29.7. The molecular weight excluding hydrogens is 223 g/mol. The topological polar surface area (TPSA) is 129 Å². The standard InChI is InChI=1S/C6H10O7S.Li.H/c7-5(8)2-1-4(3-6(9)10)14(11,12)13;;/h4H,1-3H2,(H,7,8)(H,9,10)(H,11,12,13);;/q;+1;-1. The second-order valence-electron chi connectivity index (χ2n) is 2.67. The fraction of sp³-hybridized carbons (Fsp3) is 0.667. The minimum Gasteiger partial charge on any atom is -1.00 e. The van der Waals surface area contributed by atoms with Crippen molar-refractivity contribution in [2.75, 3.05) is 0 Å². The van der Waals surface area contributed by atoms with Crippen molar-refractivity contribution in [1.29, 1.82) is 0 Å². The van der Waals surface area contributed by atoms with Crippen LogP contribution in [0.4, 0.5) is 0 Å². The van der Waals surface area contributed by atoms with Gasteiger partial charge in [-0.2, -0.15) is 8.42 Å². The summed E-state index contributed by atoms with van der Waals surface area (Å²) in [5.74, 6) is -2.65. The van der Waals surface area contributed by atoms with Gasteiger partial charge in [0.15, 0.2) is 0 Å². The molecule has 15 heavy (non-hydrogen) atoms. The third-order valence-corrected chi connectivity index (χ3v) is 2.75. The van der Waals surface area contributed by atoms with Crippen LogP contribution in [0.5, 0.6) is 0 Å². The van der Waals surface area contributed by atoms with Crippen molar-refractivity contribution in [2.24, 2.45) is 0 Å². The third-order valence-electron chi connectivity index (χ3n) is 1.50. The molecule has 0 aromatic rings. The molecule has 1 atom stereocenters. The zero-order valence-electron chi connectivity index (χ0n) is 9.08. The third kappa shape index (κ3) is 8.44.